The van der Waals surface area contributed by atoms with Crippen LogP contribution in [0, 0.1) is 0 Å². The molecule has 3 N–H and O–H groups in total. The summed E-state index contributed by atoms with van der Waals surface area (Å²) in [4.78, 5) is 16.3. The van der Waals surface area contributed by atoms with Gasteiger partial charge < -0.3 is 11.1 Å². The Morgan fingerprint density at radius 3 is 2.59 bits per heavy atom. The van der Waals surface area contributed by atoms with Crippen molar-refractivity contribution in [2.24, 2.45) is 5.73 Å². The van der Waals surface area contributed by atoms with Crippen LogP contribution in [-0.2, 0) is 4.79 Å². The number of carbonyl (C=O) groups excluding carboxylic acids is 1. The highest BCUT2D eigenvalue weighted by Crippen LogP contribution is 2.28. The van der Waals surface area contributed by atoms with Crippen molar-refractivity contribution in [1.82, 2.24) is 20.1 Å². The molecule has 22 heavy (non-hydrogen) atoms. The molecule has 1 fully saturated rings. The maximum absolute atomic E-state index is 12.3. The second-order valence-electron chi connectivity index (χ2n) is 5.99. The Hall–Kier alpha value is -2.21. The second kappa shape index (κ2) is 5.88. The van der Waals surface area contributed by atoms with Crippen molar-refractivity contribution in [3.63, 3.8) is 0 Å². The van der Waals surface area contributed by atoms with Crippen LogP contribution in [0.5, 0.6) is 0 Å². The Bertz CT molecular complexity index is 629. The fourth-order valence-corrected chi connectivity index (χ4v) is 2.91. The molecule has 1 aliphatic rings. The minimum Gasteiger partial charge on any atom is -0.348 e. The highest BCUT2D eigenvalue weighted by molar-refractivity contribution is 5.86. The summed E-state index contributed by atoms with van der Waals surface area (Å²) in [5.74, 6) is -0.0437. The van der Waals surface area contributed by atoms with E-state index in [9.17, 15) is 4.79 Å². The van der Waals surface area contributed by atoms with E-state index in [2.05, 4.69) is 15.4 Å². The molecule has 1 aromatic carbocycles. The van der Waals surface area contributed by atoms with Crippen molar-refractivity contribution in [1.29, 1.82) is 0 Å². The lowest BCUT2D eigenvalue weighted by atomic mass is 9.97. The molecule has 1 heterocycles. The third-order valence-electron chi connectivity index (χ3n) is 4.37. The molecule has 6 nitrogen and oxygen atoms in total. The summed E-state index contributed by atoms with van der Waals surface area (Å²) in [5, 5.41) is 7.12. The molecule has 0 spiro atoms. The standard InChI is InChI=1S/C16H21N5O/c1-12(20-15(22)16(17)8-2-3-9-16)13-4-6-14(7-5-13)21-11-18-10-19-21/h4-7,10-12H,2-3,8-9,17H2,1H3,(H,20,22). The zero-order chi connectivity index (χ0) is 15.6. The molecule has 2 aromatic rings. The van der Waals surface area contributed by atoms with Crippen LogP contribution < -0.4 is 11.1 Å². The Morgan fingerprint density at radius 2 is 2.00 bits per heavy atom. The normalized spacial score (nSPS) is 18.1. The molecule has 1 amide bonds. The molecule has 1 atom stereocenters. The van der Waals surface area contributed by atoms with E-state index < -0.39 is 5.54 Å². The van der Waals surface area contributed by atoms with Gasteiger partial charge in [-0.25, -0.2) is 9.67 Å². The number of amides is 1. The van der Waals surface area contributed by atoms with Gasteiger partial charge in [-0.15, -0.1) is 0 Å². The first-order valence-corrected chi connectivity index (χ1v) is 7.63. The molecule has 0 saturated heterocycles. The number of benzene rings is 1. The fourth-order valence-electron chi connectivity index (χ4n) is 2.91. The van der Waals surface area contributed by atoms with Crippen LogP contribution in [0.2, 0.25) is 0 Å². The maximum atomic E-state index is 12.3. The number of aromatic nitrogens is 3. The van der Waals surface area contributed by atoms with Crippen LogP contribution in [0.25, 0.3) is 5.69 Å². The van der Waals surface area contributed by atoms with Crippen LogP contribution in [0.4, 0.5) is 0 Å². The predicted molar refractivity (Wildman–Crippen MR) is 83.3 cm³/mol. The van der Waals surface area contributed by atoms with Gasteiger partial charge in [0.25, 0.3) is 0 Å². The van der Waals surface area contributed by atoms with E-state index in [-0.39, 0.29) is 11.9 Å². The molecule has 3 rings (SSSR count). The number of rotatable bonds is 4. The van der Waals surface area contributed by atoms with E-state index in [0.717, 1.165) is 36.9 Å². The summed E-state index contributed by atoms with van der Waals surface area (Å²) in [7, 11) is 0. The van der Waals surface area contributed by atoms with Gasteiger partial charge >= 0.3 is 0 Å². The molecule has 1 aliphatic carbocycles. The van der Waals surface area contributed by atoms with Gasteiger partial charge in [-0.3, -0.25) is 4.79 Å². The molecular formula is C16H21N5O. The summed E-state index contributed by atoms with van der Waals surface area (Å²) in [6.07, 6.45) is 6.76. The summed E-state index contributed by atoms with van der Waals surface area (Å²) in [6.45, 7) is 1.97. The summed E-state index contributed by atoms with van der Waals surface area (Å²) >= 11 is 0. The Labute approximate surface area is 129 Å². The van der Waals surface area contributed by atoms with E-state index >= 15 is 0 Å². The highest BCUT2D eigenvalue weighted by Gasteiger charge is 2.37. The average molecular weight is 299 g/mol. The van der Waals surface area contributed by atoms with E-state index in [1.165, 1.54) is 6.33 Å². The SMILES string of the molecule is CC(NC(=O)C1(N)CCCC1)c1ccc(-n2cncn2)cc1. The first kappa shape index (κ1) is 14.7. The van der Waals surface area contributed by atoms with Gasteiger partial charge in [-0.2, -0.15) is 5.10 Å². The van der Waals surface area contributed by atoms with E-state index in [4.69, 9.17) is 5.73 Å². The average Bonchev–Trinajstić information content (AvgIpc) is 3.19. The van der Waals surface area contributed by atoms with Crippen molar-refractivity contribution >= 4 is 5.91 Å². The van der Waals surface area contributed by atoms with Crippen LogP contribution in [-0.4, -0.2) is 26.2 Å². The Balaban J connectivity index is 1.67. The van der Waals surface area contributed by atoms with Gasteiger partial charge in [0, 0.05) is 0 Å². The number of carbonyl (C=O) groups is 1. The monoisotopic (exact) mass is 299 g/mol. The number of nitrogens with zero attached hydrogens (tertiary/aromatic N) is 3. The molecule has 6 heteroatoms. The van der Waals surface area contributed by atoms with Gasteiger partial charge in [-0.1, -0.05) is 25.0 Å². The third-order valence-corrected chi connectivity index (χ3v) is 4.37. The third kappa shape index (κ3) is 2.87. The summed E-state index contributed by atoms with van der Waals surface area (Å²) in [6, 6.07) is 7.82. The van der Waals surface area contributed by atoms with Crippen molar-refractivity contribution in [3.8, 4) is 5.69 Å². The molecular weight excluding hydrogens is 278 g/mol. The van der Waals surface area contributed by atoms with Crippen LogP contribution in [0.1, 0.15) is 44.2 Å². The fraction of sp³-hybridized carbons (Fsp3) is 0.438. The Kier molecular flexibility index (Phi) is 3.94. The quantitative estimate of drug-likeness (QED) is 0.900. The minimum atomic E-state index is -0.686. The predicted octanol–water partition coefficient (Wildman–Crippen LogP) is 1.72. The van der Waals surface area contributed by atoms with Gasteiger partial charge in [0.2, 0.25) is 5.91 Å². The van der Waals surface area contributed by atoms with Gasteiger partial charge in [0.05, 0.1) is 17.3 Å². The lowest BCUT2D eigenvalue weighted by Gasteiger charge is -2.25. The van der Waals surface area contributed by atoms with Crippen molar-refractivity contribution in [2.75, 3.05) is 0 Å². The second-order valence-corrected chi connectivity index (χ2v) is 5.99. The molecule has 116 valence electrons. The summed E-state index contributed by atoms with van der Waals surface area (Å²) < 4.78 is 1.69. The van der Waals surface area contributed by atoms with Crippen molar-refractivity contribution in [2.45, 2.75) is 44.2 Å². The van der Waals surface area contributed by atoms with Crippen molar-refractivity contribution < 1.29 is 4.79 Å². The molecule has 0 bridgehead atoms. The lowest BCUT2D eigenvalue weighted by molar-refractivity contribution is -0.126. The first-order valence-electron chi connectivity index (χ1n) is 7.63. The molecule has 1 aromatic heterocycles. The van der Waals surface area contributed by atoms with E-state index in [1.807, 2.05) is 31.2 Å². The van der Waals surface area contributed by atoms with Crippen LogP contribution in [0.3, 0.4) is 0 Å². The van der Waals surface area contributed by atoms with E-state index in [1.54, 1.807) is 11.0 Å². The first-order chi connectivity index (χ1) is 10.6. The molecule has 0 radical (unpaired) electrons. The molecule has 1 unspecified atom stereocenters. The summed E-state index contributed by atoms with van der Waals surface area (Å²) in [5.41, 5.74) is 7.48. The van der Waals surface area contributed by atoms with Gasteiger partial charge in [0.15, 0.2) is 0 Å². The number of nitrogens with one attached hydrogen (secondary N) is 1. The van der Waals surface area contributed by atoms with Crippen molar-refractivity contribution in [3.05, 3.63) is 42.5 Å². The highest BCUT2D eigenvalue weighted by atomic mass is 16.2. The smallest absolute Gasteiger partial charge is 0.240 e. The zero-order valence-electron chi connectivity index (χ0n) is 12.7. The maximum Gasteiger partial charge on any atom is 0.240 e. The Morgan fingerprint density at radius 1 is 1.32 bits per heavy atom. The van der Waals surface area contributed by atoms with Gasteiger partial charge in [-0.05, 0) is 37.5 Å². The number of hydrogen-bond acceptors (Lipinski definition) is 4. The van der Waals surface area contributed by atoms with Crippen LogP contribution in [0.15, 0.2) is 36.9 Å². The van der Waals surface area contributed by atoms with E-state index in [0.29, 0.717) is 0 Å². The number of nitrogens with two attached hydrogens (primary N) is 1. The molecule has 0 aliphatic heterocycles. The lowest BCUT2D eigenvalue weighted by Crippen LogP contribution is -2.52. The van der Waals surface area contributed by atoms with Gasteiger partial charge in [0.1, 0.15) is 12.7 Å². The molecule has 1 saturated carbocycles. The van der Waals surface area contributed by atoms with Crippen LogP contribution >= 0.6 is 0 Å². The number of hydrogen-bond donors (Lipinski definition) is 2. The topological polar surface area (TPSA) is 85.8 Å². The largest absolute Gasteiger partial charge is 0.348 e. The zero-order valence-corrected chi connectivity index (χ0v) is 12.7. The minimum absolute atomic E-state index is 0.0437.